The molecular weight excluding hydrogens is 316 g/mol. The highest BCUT2D eigenvalue weighted by Gasteiger charge is 2.35. The summed E-state index contributed by atoms with van der Waals surface area (Å²) in [6.07, 6.45) is 3.32. The fraction of sp³-hybridized carbons (Fsp3) is 0.625. The first kappa shape index (κ1) is 15.2. The summed E-state index contributed by atoms with van der Waals surface area (Å²) in [6, 6.07) is 5.62. The van der Waals surface area contributed by atoms with E-state index in [1.165, 1.54) is 12.8 Å². The molecule has 0 atom stereocenters. The van der Waals surface area contributed by atoms with Gasteiger partial charge in [0.05, 0.1) is 18.1 Å². The SMILES string of the molecule is O=S(=O)(c1ccc2c(c1)OCCCO2)N1CCN(C2CC2)CC1. The van der Waals surface area contributed by atoms with Gasteiger partial charge in [0.2, 0.25) is 10.0 Å². The standard InChI is InChI=1S/C16H22N2O4S/c19-23(20,18-8-6-17(7-9-18)13-2-3-13)14-4-5-15-16(12-14)22-11-1-10-21-15/h4-5,12-13H,1-3,6-11H2. The van der Waals surface area contributed by atoms with E-state index in [0.29, 0.717) is 48.7 Å². The minimum absolute atomic E-state index is 0.293. The summed E-state index contributed by atoms with van der Waals surface area (Å²) < 4.78 is 38.5. The average molecular weight is 338 g/mol. The molecule has 1 aliphatic carbocycles. The molecule has 6 nitrogen and oxygen atoms in total. The number of fused-ring (bicyclic) bond motifs is 1. The monoisotopic (exact) mass is 338 g/mol. The van der Waals surface area contributed by atoms with Crippen LogP contribution in [0.2, 0.25) is 0 Å². The van der Waals surface area contributed by atoms with Crippen LogP contribution in [0.3, 0.4) is 0 Å². The fourth-order valence-corrected chi connectivity index (χ4v) is 4.64. The molecule has 0 amide bonds. The van der Waals surface area contributed by atoms with Crippen molar-refractivity contribution < 1.29 is 17.9 Å². The summed E-state index contributed by atoms with van der Waals surface area (Å²) in [5.74, 6) is 1.15. The molecule has 23 heavy (non-hydrogen) atoms. The van der Waals surface area contributed by atoms with Crippen molar-refractivity contribution in [2.75, 3.05) is 39.4 Å². The van der Waals surface area contributed by atoms with Crippen LogP contribution in [0, 0.1) is 0 Å². The molecule has 0 radical (unpaired) electrons. The maximum absolute atomic E-state index is 12.9. The predicted octanol–water partition coefficient (Wildman–Crippen LogP) is 1.32. The summed E-state index contributed by atoms with van der Waals surface area (Å²) in [5, 5.41) is 0. The molecule has 2 heterocycles. The van der Waals surface area contributed by atoms with E-state index in [0.717, 1.165) is 19.5 Å². The molecule has 1 aromatic rings. The zero-order valence-corrected chi connectivity index (χ0v) is 13.9. The van der Waals surface area contributed by atoms with Crippen LogP contribution in [0.4, 0.5) is 0 Å². The second-order valence-electron chi connectivity index (χ2n) is 6.33. The average Bonchev–Trinajstić information content (AvgIpc) is 3.41. The molecule has 126 valence electrons. The van der Waals surface area contributed by atoms with Gasteiger partial charge in [0.15, 0.2) is 11.5 Å². The van der Waals surface area contributed by atoms with Gasteiger partial charge in [-0.05, 0) is 25.0 Å². The first-order valence-corrected chi connectivity index (χ1v) is 9.72. The largest absolute Gasteiger partial charge is 0.490 e. The van der Waals surface area contributed by atoms with Gasteiger partial charge < -0.3 is 9.47 Å². The number of hydrogen-bond donors (Lipinski definition) is 0. The molecule has 4 rings (SSSR count). The van der Waals surface area contributed by atoms with Crippen LogP contribution in [-0.4, -0.2) is 63.1 Å². The van der Waals surface area contributed by atoms with Crippen LogP contribution in [0.5, 0.6) is 11.5 Å². The van der Waals surface area contributed by atoms with E-state index >= 15 is 0 Å². The summed E-state index contributed by atoms with van der Waals surface area (Å²) >= 11 is 0. The molecule has 0 unspecified atom stereocenters. The fourth-order valence-electron chi connectivity index (χ4n) is 3.20. The number of nitrogens with zero attached hydrogens (tertiary/aromatic N) is 2. The molecule has 2 aliphatic heterocycles. The third-order valence-corrected chi connectivity index (χ3v) is 6.59. The van der Waals surface area contributed by atoms with Crippen molar-refractivity contribution in [1.82, 2.24) is 9.21 Å². The van der Waals surface area contributed by atoms with E-state index in [1.807, 2.05) is 0 Å². The zero-order chi connectivity index (χ0) is 15.9. The smallest absolute Gasteiger partial charge is 0.243 e. The minimum atomic E-state index is -3.47. The Hall–Kier alpha value is -1.31. The molecule has 0 aromatic heterocycles. The summed E-state index contributed by atoms with van der Waals surface area (Å²) in [5.41, 5.74) is 0. The van der Waals surface area contributed by atoms with Gasteiger partial charge in [-0.15, -0.1) is 0 Å². The van der Waals surface area contributed by atoms with Gasteiger partial charge in [0.25, 0.3) is 0 Å². The van der Waals surface area contributed by atoms with Gasteiger partial charge in [-0.2, -0.15) is 4.31 Å². The molecule has 1 saturated carbocycles. The lowest BCUT2D eigenvalue weighted by atomic mass is 10.3. The first-order valence-electron chi connectivity index (χ1n) is 8.28. The van der Waals surface area contributed by atoms with Gasteiger partial charge >= 0.3 is 0 Å². The number of sulfonamides is 1. The number of ether oxygens (including phenoxy) is 2. The molecule has 1 aromatic carbocycles. The second-order valence-corrected chi connectivity index (χ2v) is 8.27. The Morgan fingerprint density at radius 1 is 0.957 bits per heavy atom. The van der Waals surface area contributed by atoms with E-state index in [-0.39, 0.29) is 0 Å². The highest BCUT2D eigenvalue weighted by Crippen LogP contribution is 2.33. The van der Waals surface area contributed by atoms with E-state index in [4.69, 9.17) is 9.47 Å². The Bertz CT molecular complexity index is 679. The predicted molar refractivity (Wildman–Crippen MR) is 85.4 cm³/mol. The Kier molecular flexibility index (Phi) is 3.95. The van der Waals surface area contributed by atoms with Crippen molar-refractivity contribution in [3.8, 4) is 11.5 Å². The lowest BCUT2D eigenvalue weighted by Gasteiger charge is -2.34. The second kappa shape index (κ2) is 5.96. The quantitative estimate of drug-likeness (QED) is 0.832. The number of rotatable bonds is 3. The molecule has 0 N–H and O–H groups in total. The molecule has 0 spiro atoms. The van der Waals surface area contributed by atoms with Crippen molar-refractivity contribution in [2.24, 2.45) is 0 Å². The van der Waals surface area contributed by atoms with Gasteiger partial charge in [-0.25, -0.2) is 8.42 Å². The molecule has 2 fully saturated rings. The van der Waals surface area contributed by atoms with Crippen LogP contribution < -0.4 is 9.47 Å². The molecular formula is C16H22N2O4S. The van der Waals surface area contributed by atoms with Gasteiger partial charge in [0, 0.05) is 44.7 Å². The Morgan fingerprint density at radius 3 is 2.35 bits per heavy atom. The van der Waals surface area contributed by atoms with E-state index in [2.05, 4.69) is 4.90 Å². The third-order valence-electron chi connectivity index (χ3n) is 4.69. The lowest BCUT2D eigenvalue weighted by Crippen LogP contribution is -2.49. The first-order chi connectivity index (χ1) is 11.1. The number of benzene rings is 1. The summed E-state index contributed by atoms with van der Waals surface area (Å²) in [7, 11) is -3.47. The van der Waals surface area contributed by atoms with Gasteiger partial charge in [0.1, 0.15) is 0 Å². The Balaban J connectivity index is 1.53. The summed E-state index contributed by atoms with van der Waals surface area (Å²) in [6.45, 7) is 3.93. The molecule has 3 aliphatic rings. The van der Waals surface area contributed by atoms with E-state index < -0.39 is 10.0 Å². The molecule has 1 saturated heterocycles. The Morgan fingerprint density at radius 2 is 1.65 bits per heavy atom. The van der Waals surface area contributed by atoms with Crippen LogP contribution in [0.25, 0.3) is 0 Å². The molecule has 0 bridgehead atoms. The molecule has 7 heteroatoms. The van der Waals surface area contributed by atoms with Crippen LogP contribution >= 0.6 is 0 Å². The van der Waals surface area contributed by atoms with Crippen molar-refractivity contribution in [1.29, 1.82) is 0 Å². The van der Waals surface area contributed by atoms with Crippen molar-refractivity contribution in [3.63, 3.8) is 0 Å². The lowest BCUT2D eigenvalue weighted by molar-refractivity contribution is 0.180. The van der Waals surface area contributed by atoms with Crippen molar-refractivity contribution >= 4 is 10.0 Å². The maximum atomic E-state index is 12.9. The van der Waals surface area contributed by atoms with Crippen LogP contribution in [0.1, 0.15) is 19.3 Å². The highest BCUT2D eigenvalue weighted by atomic mass is 32.2. The van der Waals surface area contributed by atoms with Crippen molar-refractivity contribution in [3.05, 3.63) is 18.2 Å². The van der Waals surface area contributed by atoms with Crippen LogP contribution in [-0.2, 0) is 10.0 Å². The van der Waals surface area contributed by atoms with E-state index in [1.54, 1.807) is 22.5 Å². The summed E-state index contributed by atoms with van der Waals surface area (Å²) in [4.78, 5) is 2.70. The van der Waals surface area contributed by atoms with Gasteiger partial charge in [-0.3, -0.25) is 4.90 Å². The Labute approximate surface area is 137 Å². The van der Waals surface area contributed by atoms with Crippen molar-refractivity contribution in [2.45, 2.75) is 30.2 Å². The highest BCUT2D eigenvalue weighted by molar-refractivity contribution is 7.89. The number of hydrogen-bond acceptors (Lipinski definition) is 5. The minimum Gasteiger partial charge on any atom is -0.490 e. The topological polar surface area (TPSA) is 59.1 Å². The van der Waals surface area contributed by atoms with Gasteiger partial charge in [-0.1, -0.05) is 0 Å². The third kappa shape index (κ3) is 3.05. The van der Waals surface area contributed by atoms with Crippen LogP contribution in [0.15, 0.2) is 23.1 Å². The zero-order valence-electron chi connectivity index (χ0n) is 13.1. The number of piperazine rings is 1. The maximum Gasteiger partial charge on any atom is 0.243 e. The normalized spacial score (nSPS) is 23.5. The van der Waals surface area contributed by atoms with E-state index in [9.17, 15) is 8.42 Å².